The van der Waals surface area contributed by atoms with E-state index in [9.17, 15) is 116 Å². The number of hydrogen-bond acceptors (Lipinski definition) is 30. The van der Waals surface area contributed by atoms with Gasteiger partial charge in [-0.3, -0.25) is 0 Å². The van der Waals surface area contributed by atoms with E-state index in [1.807, 2.05) is 0 Å². The average molecular weight is 1090 g/mol. The van der Waals surface area contributed by atoms with Crippen LogP contribution in [-0.2, 0) is 28.4 Å². The molecule has 1 aliphatic heterocycles. The molecule has 408 valence electrons. The fourth-order valence-corrected chi connectivity index (χ4v) is 7.06. The van der Waals surface area contributed by atoms with Crippen LogP contribution in [0.2, 0.25) is 0 Å². The zero-order valence-electron chi connectivity index (χ0n) is 38.4. The highest BCUT2D eigenvalue weighted by Gasteiger charge is 2.55. The minimum atomic E-state index is -2.69. The van der Waals surface area contributed by atoms with Crippen molar-refractivity contribution in [2.45, 2.75) is 30.7 Å². The van der Waals surface area contributed by atoms with Crippen LogP contribution in [0.3, 0.4) is 0 Å². The zero-order chi connectivity index (χ0) is 57.3. The van der Waals surface area contributed by atoms with Crippen molar-refractivity contribution in [1.82, 2.24) is 0 Å². The Morgan fingerprint density at radius 1 is 0.321 bits per heavy atom. The lowest BCUT2D eigenvalue weighted by Crippen LogP contribution is -2.63. The average Bonchev–Trinajstić information content (AvgIpc) is 3.40. The van der Waals surface area contributed by atoms with Gasteiger partial charge in [0.25, 0.3) is 0 Å². The molecule has 0 radical (unpaired) electrons. The van der Waals surface area contributed by atoms with E-state index in [-0.39, 0.29) is 0 Å². The van der Waals surface area contributed by atoms with E-state index in [2.05, 4.69) is 0 Å². The second kappa shape index (κ2) is 21.3. The first kappa shape index (κ1) is 54.5. The monoisotopic (exact) mass is 1090 g/mol. The molecule has 6 aromatic carbocycles. The van der Waals surface area contributed by atoms with Crippen LogP contribution in [0.5, 0.6) is 103 Å². The van der Waals surface area contributed by atoms with E-state index in [1.54, 1.807) is 0 Å². The molecule has 0 aliphatic carbocycles. The molecule has 1 saturated heterocycles. The summed E-state index contributed by atoms with van der Waals surface area (Å²) in [5.41, 5.74) is -4.96. The van der Waals surface area contributed by atoms with Gasteiger partial charge in [-0.05, 0) is 72.8 Å². The molecule has 6 aromatic rings. The first-order valence-electron chi connectivity index (χ1n) is 21.3. The summed E-state index contributed by atoms with van der Waals surface area (Å²) in [4.78, 5) is 82.9. The highest BCUT2D eigenvalue weighted by atomic mass is 16.7. The quantitative estimate of drug-likeness (QED) is 0.0341. The van der Waals surface area contributed by atoms with Gasteiger partial charge in [0.1, 0.15) is 12.7 Å². The van der Waals surface area contributed by atoms with E-state index in [0.29, 0.717) is 72.8 Å². The third-order valence-corrected chi connectivity index (χ3v) is 10.9. The Morgan fingerprint density at radius 2 is 0.590 bits per heavy atom. The Morgan fingerprint density at radius 3 is 0.949 bits per heavy atom. The molecule has 0 spiro atoms. The number of carbonyl (C=O) groups excluding carboxylic acids is 6. The number of benzene rings is 6. The molecule has 1 aliphatic rings. The van der Waals surface area contributed by atoms with Crippen molar-refractivity contribution >= 4 is 35.8 Å². The lowest BCUT2D eigenvalue weighted by atomic mass is 9.97. The summed E-state index contributed by atoms with van der Waals surface area (Å²) in [5, 5.41) is 172. The van der Waals surface area contributed by atoms with Crippen LogP contribution in [0.4, 0.5) is 0 Å². The van der Waals surface area contributed by atoms with Crippen LogP contribution in [0.1, 0.15) is 62.1 Å². The fourth-order valence-electron chi connectivity index (χ4n) is 7.06. The number of aromatic hydroxyl groups is 17. The molecule has 78 heavy (non-hydrogen) atoms. The summed E-state index contributed by atoms with van der Waals surface area (Å²) >= 11 is 0. The van der Waals surface area contributed by atoms with Crippen molar-refractivity contribution in [3.63, 3.8) is 0 Å². The topological polar surface area (TPSA) is 511 Å². The molecule has 1 fully saturated rings. The van der Waals surface area contributed by atoms with E-state index in [0.717, 1.165) is 0 Å². The lowest BCUT2D eigenvalue weighted by molar-refractivity contribution is -0.282. The minimum absolute atomic E-state index is 0.450. The molecule has 1 heterocycles. The molecule has 0 aromatic heterocycles. The Bertz CT molecular complexity index is 3340. The summed E-state index contributed by atoms with van der Waals surface area (Å²) in [6, 6.07) is 6.35. The van der Waals surface area contributed by atoms with Gasteiger partial charge in [0.05, 0.1) is 33.4 Å². The predicted molar refractivity (Wildman–Crippen MR) is 244 cm³/mol. The smallest absolute Gasteiger partial charge is 0.343 e. The molecule has 0 saturated carbocycles. The Kier molecular flexibility index (Phi) is 14.9. The van der Waals surface area contributed by atoms with Gasteiger partial charge >= 0.3 is 35.8 Å². The number of carbonyl (C=O) groups is 6. The van der Waals surface area contributed by atoms with E-state index < -0.39 is 210 Å². The molecule has 30 heteroatoms. The largest absolute Gasteiger partial charge is 0.504 e. The molecule has 7 rings (SSSR count). The Balaban J connectivity index is 1.38. The molecule has 0 bridgehead atoms. The molecule has 5 atom stereocenters. The van der Waals surface area contributed by atoms with Crippen LogP contribution in [0.15, 0.2) is 72.8 Å². The van der Waals surface area contributed by atoms with Gasteiger partial charge in [0, 0.05) is 0 Å². The summed E-state index contributed by atoms with van der Waals surface area (Å²) < 4.78 is 38.6. The van der Waals surface area contributed by atoms with Crippen molar-refractivity contribution in [3.05, 3.63) is 106 Å². The highest BCUT2D eigenvalue weighted by molar-refractivity contribution is 5.96. The van der Waals surface area contributed by atoms with Gasteiger partial charge < -0.3 is 120 Å². The minimum Gasteiger partial charge on any atom is -0.504 e. The van der Waals surface area contributed by atoms with Gasteiger partial charge in [-0.15, -0.1) is 0 Å². The predicted octanol–water partition coefficient (Wildman–Crippen LogP) is 2.32. The number of phenolic OH excluding ortho intramolecular Hbond substituents is 17. The summed E-state index contributed by atoms with van der Waals surface area (Å²) in [6.45, 7) is -1.33. The van der Waals surface area contributed by atoms with Crippen LogP contribution in [0.25, 0.3) is 0 Å². The number of ether oxygens (including phenoxy) is 7. The molecule has 0 amide bonds. The maximum absolute atomic E-state index is 14.4. The zero-order valence-corrected chi connectivity index (χ0v) is 38.4. The number of esters is 6. The van der Waals surface area contributed by atoms with Gasteiger partial charge in [-0.25, -0.2) is 28.8 Å². The highest BCUT2D eigenvalue weighted by Crippen LogP contribution is 2.43. The van der Waals surface area contributed by atoms with Crippen molar-refractivity contribution in [2.75, 3.05) is 6.61 Å². The number of rotatable bonds is 13. The van der Waals surface area contributed by atoms with Crippen molar-refractivity contribution in [2.24, 2.45) is 0 Å². The molecular formula is C48H36O30. The third-order valence-electron chi connectivity index (χ3n) is 10.9. The van der Waals surface area contributed by atoms with E-state index >= 15 is 0 Å². The molecule has 17 N–H and O–H groups in total. The molecule has 5 unspecified atom stereocenters. The van der Waals surface area contributed by atoms with E-state index in [1.165, 1.54) is 0 Å². The normalized spacial score (nSPS) is 16.7. The number of phenols is 17. The van der Waals surface area contributed by atoms with Gasteiger partial charge in [-0.2, -0.15) is 0 Å². The maximum Gasteiger partial charge on any atom is 0.343 e. The molecular weight excluding hydrogens is 1060 g/mol. The Labute approximate surface area is 430 Å². The number of hydrogen-bond donors (Lipinski definition) is 17. The van der Waals surface area contributed by atoms with Gasteiger partial charge in [-0.1, -0.05) is 0 Å². The van der Waals surface area contributed by atoms with Crippen LogP contribution in [-0.4, -0.2) is 160 Å². The van der Waals surface area contributed by atoms with Crippen molar-refractivity contribution in [1.29, 1.82) is 0 Å². The van der Waals surface area contributed by atoms with E-state index in [4.69, 9.17) is 33.2 Å². The van der Waals surface area contributed by atoms with Crippen molar-refractivity contribution in [3.8, 4) is 103 Å². The van der Waals surface area contributed by atoms with Crippen molar-refractivity contribution < 1.29 is 149 Å². The van der Waals surface area contributed by atoms with Gasteiger partial charge in [0.2, 0.25) is 18.1 Å². The second-order valence-electron chi connectivity index (χ2n) is 16.2. The van der Waals surface area contributed by atoms with Crippen LogP contribution >= 0.6 is 0 Å². The fraction of sp³-hybridized carbons (Fsp3) is 0.125. The first-order chi connectivity index (χ1) is 36.6. The third kappa shape index (κ3) is 11.1. The van der Waals surface area contributed by atoms with Gasteiger partial charge in [0.15, 0.2) is 110 Å². The summed E-state index contributed by atoms with van der Waals surface area (Å²) in [6.07, 6.45) is -12.8. The first-order valence-corrected chi connectivity index (χ1v) is 21.3. The summed E-state index contributed by atoms with van der Waals surface area (Å²) in [5.74, 6) is -30.3. The molecule has 30 nitrogen and oxygen atoms in total. The van der Waals surface area contributed by atoms with Crippen LogP contribution < -0.4 is 4.74 Å². The lowest BCUT2D eigenvalue weighted by Gasteiger charge is -2.43. The maximum atomic E-state index is 14.4. The SMILES string of the molecule is O=C(OCC1OC(OC(=O)c2cc(O)c(O)c(O)c2)C(OC(=O)c2cc(O)c(O)c(OC(=O)c3cc(O)c(O)c(O)c3)c2)C(OC(=O)c2cc(O)c(O)c(O)c2)C1OC(=O)c1cc(O)c(O)c(O)c1)c1cc(O)c(O)c(O)c1. The second-order valence-corrected chi connectivity index (χ2v) is 16.2. The Hall–Kier alpha value is -11.3. The van der Waals surface area contributed by atoms with Crippen LogP contribution in [0, 0.1) is 0 Å². The standard InChI is InChI=1S/C48H36O30/c49-20-1-14(2-21(50)33(20)60)42(66)72-13-32-39(75-44(68)16-5-24(53)35(62)25(54)6-16)40(76-45(69)17-7-26(55)36(63)27(56)8-17)41(48(74-32)78-47(71)18-9-28(57)37(64)29(58)10-18)77-46(70)19-11-30(59)38(65)31(12-19)73-43(67)15-3-22(51)34(61)23(52)4-15/h1-12,32,39-41,48-65H,13H2. The summed E-state index contributed by atoms with van der Waals surface area (Å²) in [7, 11) is 0.